The van der Waals surface area contributed by atoms with Gasteiger partial charge in [-0.3, -0.25) is 4.79 Å². The molecule has 30 heavy (non-hydrogen) atoms. The number of carbonyl (C=O) groups is 2. The summed E-state index contributed by atoms with van der Waals surface area (Å²) in [6.07, 6.45) is 7.76. The van der Waals surface area contributed by atoms with Crippen LogP contribution < -0.4 is 10.2 Å². The molecule has 2 heterocycles. The molecule has 162 valence electrons. The smallest absolute Gasteiger partial charge is 0.331 e. The molecule has 0 aromatic heterocycles. The molecule has 1 N–H and O–H groups in total. The molecule has 6 nitrogen and oxygen atoms in total. The molecular formula is C24H33N3O3. The van der Waals surface area contributed by atoms with Crippen LogP contribution in [-0.2, 0) is 9.53 Å². The van der Waals surface area contributed by atoms with Crippen molar-refractivity contribution in [2.75, 3.05) is 18.6 Å². The molecular weight excluding hydrogens is 378 g/mol. The van der Waals surface area contributed by atoms with Crippen LogP contribution in [0.3, 0.4) is 0 Å². The third kappa shape index (κ3) is 3.16. The summed E-state index contributed by atoms with van der Waals surface area (Å²) < 4.78 is 5.80. The minimum atomic E-state index is -0.194. The van der Waals surface area contributed by atoms with Gasteiger partial charge < -0.3 is 15.0 Å². The zero-order chi connectivity index (χ0) is 20.8. The quantitative estimate of drug-likeness (QED) is 0.827. The Kier molecular flexibility index (Phi) is 5.31. The fourth-order valence-electron chi connectivity index (χ4n) is 6.53. The molecule has 1 aromatic rings. The van der Waals surface area contributed by atoms with Gasteiger partial charge in [-0.05, 0) is 56.2 Å². The lowest BCUT2D eigenvalue weighted by atomic mass is 9.69. The van der Waals surface area contributed by atoms with Gasteiger partial charge in [0.1, 0.15) is 0 Å². The molecule has 3 amide bonds. The number of nitrogens with one attached hydrogen (secondary N) is 1. The number of fused-ring (bicyclic) bond motifs is 3. The predicted octanol–water partition coefficient (Wildman–Crippen LogP) is 3.48. The Labute approximate surface area is 178 Å². The number of imide groups is 1. The van der Waals surface area contributed by atoms with Gasteiger partial charge in [0.25, 0.3) is 0 Å². The van der Waals surface area contributed by atoms with Crippen molar-refractivity contribution in [2.45, 2.75) is 76.1 Å². The number of amides is 3. The first kappa shape index (κ1) is 20.0. The average molecular weight is 412 g/mol. The van der Waals surface area contributed by atoms with Crippen LogP contribution in [0.2, 0.25) is 0 Å². The molecule has 5 rings (SSSR count). The Morgan fingerprint density at radius 2 is 1.87 bits per heavy atom. The number of urea groups is 1. The molecule has 0 spiro atoms. The van der Waals surface area contributed by atoms with Gasteiger partial charge in [-0.25, -0.2) is 9.69 Å². The van der Waals surface area contributed by atoms with Crippen LogP contribution in [0.5, 0.6) is 0 Å². The number of hydrogen-bond acceptors (Lipinski definition) is 4. The molecule has 5 atom stereocenters. The number of rotatable bonds is 3. The zero-order valence-electron chi connectivity index (χ0n) is 18.0. The third-order valence-corrected chi connectivity index (χ3v) is 7.86. The van der Waals surface area contributed by atoms with E-state index in [1.54, 1.807) is 7.11 Å². The lowest BCUT2D eigenvalue weighted by Gasteiger charge is -2.56. The SMILES string of the molecule is COC1CCCC2C1NCC1C(=O)N(c3cccc(C)c3)C(=O)N(C3CCCC3)C12. The highest BCUT2D eigenvalue weighted by molar-refractivity contribution is 6.17. The monoisotopic (exact) mass is 411 g/mol. The van der Waals surface area contributed by atoms with Gasteiger partial charge in [0.2, 0.25) is 5.91 Å². The van der Waals surface area contributed by atoms with E-state index in [0.717, 1.165) is 50.5 Å². The first-order valence-electron chi connectivity index (χ1n) is 11.6. The number of anilines is 1. The molecule has 0 bridgehead atoms. The Hall–Kier alpha value is -1.92. The maximum atomic E-state index is 13.9. The molecule has 4 fully saturated rings. The molecule has 4 aliphatic rings. The highest BCUT2D eigenvalue weighted by atomic mass is 16.5. The summed E-state index contributed by atoms with van der Waals surface area (Å²) in [6, 6.07) is 8.10. The maximum Gasteiger partial charge on any atom is 0.331 e. The minimum Gasteiger partial charge on any atom is -0.380 e. The molecule has 2 aliphatic carbocycles. The number of carbonyl (C=O) groups excluding carboxylic acids is 2. The largest absolute Gasteiger partial charge is 0.380 e. The second-order valence-electron chi connectivity index (χ2n) is 9.54. The molecule has 0 radical (unpaired) electrons. The van der Waals surface area contributed by atoms with E-state index in [-0.39, 0.29) is 48.0 Å². The summed E-state index contributed by atoms with van der Waals surface area (Å²) in [5.74, 6) is 0.0339. The van der Waals surface area contributed by atoms with E-state index < -0.39 is 0 Å². The first-order valence-corrected chi connectivity index (χ1v) is 11.6. The number of benzene rings is 1. The van der Waals surface area contributed by atoms with Crippen LogP contribution in [0.15, 0.2) is 24.3 Å². The van der Waals surface area contributed by atoms with Crippen LogP contribution in [0.25, 0.3) is 0 Å². The second kappa shape index (κ2) is 7.97. The Balaban J connectivity index is 1.55. The molecule has 2 aliphatic heterocycles. The van der Waals surface area contributed by atoms with Crippen molar-refractivity contribution in [1.82, 2.24) is 10.2 Å². The van der Waals surface area contributed by atoms with Gasteiger partial charge in [-0.2, -0.15) is 0 Å². The van der Waals surface area contributed by atoms with Gasteiger partial charge >= 0.3 is 6.03 Å². The summed E-state index contributed by atoms with van der Waals surface area (Å²) in [7, 11) is 1.78. The summed E-state index contributed by atoms with van der Waals surface area (Å²) in [5.41, 5.74) is 1.76. The van der Waals surface area contributed by atoms with Gasteiger partial charge in [0.05, 0.1) is 23.8 Å². The number of hydrogen-bond donors (Lipinski definition) is 1. The van der Waals surface area contributed by atoms with E-state index in [0.29, 0.717) is 12.2 Å². The van der Waals surface area contributed by atoms with E-state index in [1.165, 1.54) is 4.90 Å². The number of methoxy groups -OCH3 is 1. The van der Waals surface area contributed by atoms with Gasteiger partial charge in [0, 0.05) is 25.7 Å². The first-order chi connectivity index (χ1) is 14.6. The minimum absolute atomic E-state index is 0.0154. The summed E-state index contributed by atoms with van der Waals surface area (Å²) in [6.45, 7) is 2.61. The molecule has 5 unspecified atom stereocenters. The van der Waals surface area contributed by atoms with E-state index in [2.05, 4.69) is 10.2 Å². The van der Waals surface area contributed by atoms with Crippen molar-refractivity contribution in [1.29, 1.82) is 0 Å². The highest BCUT2D eigenvalue weighted by Crippen LogP contribution is 2.43. The Morgan fingerprint density at radius 1 is 1.07 bits per heavy atom. The van der Waals surface area contributed by atoms with Crippen molar-refractivity contribution in [2.24, 2.45) is 11.8 Å². The number of aryl methyl sites for hydroxylation is 1. The van der Waals surface area contributed by atoms with E-state index >= 15 is 0 Å². The van der Waals surface area contributed by atoms with Crippen LogP contribution in [0, 0.1) is 18.8 Å². The summed E-state index contributed by atoms with van der Waals surface area (Å²) >= 11 is 0. The summed E-state index contributed by atoms with van der Waals surface area (Å²) in [4.78, 5) is 31.2. The average Bonchev–Trinajstić information content (AvgIpc) is 3.27. The zero-order valence-corrected chi connectivity index (χ0v) is 18.0. The third-order valence-electron chi connectivity index (χ3n) is 7.86. The Morgan fingerprint density at radius 3 is 2.60 bits per heavy atom. The van der Waals surface area contributed by atoms with Crippen LogP contribution in [0.4, 0.5) is 10.5 Å². The van der Waals surface area contributed by atoms with Gasteiger partial charge in [0.15, 0.2) is 0 Å². The molecule has 2 saturated heterocycles. The van der Waals surface area contributed by atoms with Crippen molar-refractivity contribution in [3.8, 4) is 0 Å². The maximum absolute atomic E-state index is 13.9. The fraction of sp³-hybridized carbons (Fsp3) is 0.667. The normalized spacial score (nSPS) is 34.8. The van der Waals surface area contributed by atoms with E-state index in [4.69, 9.17) is 4.74 Å². The van der Waals surface area contributed by atoms with Crippen LogP contribution in [0.1, 0.15) is 50.5 Å². The lowest BCUT2D eigenvalue weighted by molar-refractivity contribution is -0.131. The number of ether oxygens (including phenoxy) is 1. The van der Waals surface area contributed by atoms with E-state index in [9.17, 15) is 9.59 Å². The fourth-order valence-corrected chi connectivity index (χ4v) is 6.53. The highest BCUT2D eigenvalue weighted by Gasteiger charge is 2.56. The topological polar surface area (TPSA) is 61.9 Å². The number of piperidine rings is 1. The molecule has 6 heteroatoms. The van der Waals surface area contributed by atoms with Crippen molar-refractivity contribution < 1.29 is 14.3 Å². The molecule has 2 saturated carbocycles. The van der Waals surface area contributed by atoms with Crippen molar-refractivity contribution in [3.63, 3.8) is 0 Å². The predicted molar refractivity (Wildman–Crippen MR) is 115 cm³/mol. The standard InChI is InChI=1S/C24H33N3O3/c1-15-7-5-10-17(13-15)27-23(28)19-14-25-21-18(11-6-12-20(21)30-2)22(19)26(24(27)29)16-8-3-4-9-16/h5,7,10,13,16,18-22,25H,3-4,6,8-9,11-12,14H2,1-2H3. The number of nitrogens with zero attached hydrogens (tertiary/aromatic N) is 2. The van der Waals surface area contributed by atoms with Crippen molar-refractivity contribution in [3.05, 3.63) is 29.8 Å². The van der Waals surface area contributed by atoms with Crippen LogP contribution in [-0.4, -0.2) is 54.7 Å². The Bertz CT molecular complexity index is 822. The van der Waals surface area contributed by atoms with Gasteiger partial charge in [-0.1, -0.05) is 31.4 Å². The van der Waals surface area contributed by atoms with Crippen LogP contribution >= 0.6 is 0 Å². The van der Waals surface area contributed by atoms with E-state index in [1.807, 2.05) is 31.2 Å². The van der Waals surface area contributed by atoms with Crippen molar-refractivity contribution >= 4 is 17.6 Å². The lowest BCUT2D eigenvalue weighted by Crippen LogP contribution is -2.73. The molecule has 1 aromatic carbocycles. The summed E-state index contributed by atoms with van der Waals surface area (Å²) in [5, 5.41) is 3.65. The second-order valence-corrected chi connectivity index (χ2v) is 9.54. The van der Waals surface area contributed by atoms with Gasteiger partial charge in [-0.15, -0.1) is 0 Å².